The zero-order valence-corrected chi connectivity index (χ0v) is 12.7. The van der Waals surface area contributed by atoms with E-state index in [1.807, 2.05) is 36.6 Å². The van der Waals surface area contributed by atoms with Gasteiger partial charge in [-0.25, -0.2) is 4.98 Å². The van der Waals surface area contributed by atoms with Crippen molar-refractivity contribution in [1.29, 1.82) is 0 Å². The van der Waals surface area contributed by atoms with E-state index in [-0.39, 0.29) is 4.91 Å². The van der Waals surface area contributed by atoms with E-state index in [0.29, 0.717) is 16.3 Å². The highest BCUT2D eigenvalue weighted by atomic mass is 32.2. The molecule has 6 heteroatoms. The topological polar surface area (TPSA) is 66.2 Å². The molecule has 0 aliphatic heterocycles. The molecule has 106 valence electrons. The molecule has 0 aliphatic carbocycles. The number of carboxylic acids is 1. The molecule has 0 bridgehead atoms. The number of rotatable bonds is 4. The lowest BCUT2D eigenvalue weighted by atomic mass is 10.3. The summed E-state index contributed by atoms with van der Waals surface area (Å²) >= 11 is 2.44. The van der Waals surface area contributed by atoms with E-state index in [4.69, 9.17) is 4.42 Å². The molecule has 0 unspecified atom stereocenters. The second kappa shape index (κ2) is 5.75. The van der Waals surface area contributed by atoms with Crippen molar-refractivity contribution in [3.8, 4) is 0 Å². The molecule has 0 saturated heterocycles. The highest BCUT2D eigenvalue weighted by Crippen LogP contribution is 2.31. The van der Waals surface area contributed by atoms with E-state index in [1.54, 1.807) is 12.1 Å². The van der Waals surface area contributed by atoms with Crippen LogP contribution in [0.25, 0.3) is 17.2 Å². The fourth-order valence-corrected chi connectivity index (χ4v) is 3.43. The van der Waals surface area contributed by atoms with E-state index in [0.717, 1.165) is 22.2 Å². The summed E-state index contributed by atoms with van der Waals surface area (Å²) in [6.07, 6.45) is 1.59. The molecule has 0 amide bonds. The largest absolute Gasteiger partial charge is 0.544 e. The van der Waals surface area contributed by atoms with Crippen molar-refractivity contribution < 1.29 is 14.3 Å². The number of aryl methyl sites for hydroxylation is 1. The van der Waals surface area contributed by atoms with Crippen molar-refractivity contribution >= 4 is 46.2 Å². The number of aromatic nitrogens is 1. The van der Waals surface area contributed by atoms with Gasteiger partial charge in [0.05, 0.1) is 5.97 Å². The predicted octanol–water partition coefficient (Wildman–Crippen LogP) is 3.08. The van der Waals surface area contributed by atoms with E-state index >= 15 is 0 Å². The van der Waals surface area contributed by atoms with Gasteiger partial charge in [-0.15, -0.1) is 11.3 Å². The molecular formula is C15H10NO3S2-. The number of aliphatic carboxylic acids is 1. The van der Waals surface area contributed by atoms with Crippen molar-refractivity contribution in [2.45, 2.75) is 12.1 Å². The zero-order chi connectivity index (χ0) is 14.8. The van der Waals surface area contributed by atoms with Gasteiger partial charge < -0.3 is 14.3 Å². The van der Waals surface area contributed by atoms with Gasteiger partial charge in [0.25, 0.3) is 5.22 Å². The maximum Gasteiger partial charge on any atom is 0.261 e. The molecule has 3 rings (SSSR count). The third-order valence-corrected chi connectivity index (χ3v) is 4.66. The van der Waals surface area contributed by atoms with Crippen LogP contribution in [0, 0.1) is 6.92 Å². The second-order valence-electron chi connectivity index (χ2n) is 4.31. The minimum atomic E-state index is -1.24. The van der Waals surface area contributed by atoms with E-state index < -0.39 is 5.97 Å². The molecule has 21 heavy (non-hydrogen) atoms. The third kappa shape index (κ3) is 3.01. The Kier molecular flexibility index (Phi) is 3.81. The maximum absolute atomic E-state index is 11.3. The summed E-state index contributed by atoms with van der Waals surface area (Å²) in [7, 11) is 0. The number of benzene rings is 1. The number of thioether (sulfide) groups is 1. The van der Waals surface area contributed by atoms with Crippen molar-refractivity contribution in [2.24, 2.45) is 0 Å². The van der Waals surface area contributed by atoms with Crippen LogP contribution < -0.4 is 5.11 Å². The van der Waals surface area contributed by atoms with Crippen molar-refractivity contribution in [2.75, 3.05) is 0 Å². The molecule has 0 aliphatic rings. The summed E-state index contributed by atoms with van der Waals surface area (Å²) in [5, 5.41) is 13.5. The minimum Gasteiger partial charge on any atom is -0.544 e. The Hall–Kier alpha value is -2.05. The lowest BCUT2D eigenvalue weighted by Crippen LogP contribution is -2.22. The van der Waals surface area contributed by atoms with Gasteiger partial charge >= 0.3 is 0 Å². The number of carboxylic acid groups (broad SMARTS) is 1. The number of fused-ring (bicyclic) bond motifs is 1. The summed E-state index contributed by atoms with van der Waals surface area (Å²) in [6.45, 7) is 1.93. The monoisotopic (exact) mass is 316 g/mol. The summed E-state index contributed by atoms with van der Waals surface area (Å²) in [5.41, 5.74) is 2.35. The van der Waals surface area contributed by atoms with Crippen LogP contribution in [-0.2, 0) is 4.79 Å². The summed E-state index contributed by atoms with van der Waals surface area (Å²) in [6, 6.07) is 9.23. The quantitative estimate of drug-likeness (QED) is 0.546. The lowest BCUT2D eigenvalue weighted by Gasteiger charge is -2.05. The first-order valence-electron chi connectivity index (χ1n) is 6.14. The number of para-hydroxylation sites is 2. The molecule has 0 spiro atoms. The zero-order valence-electron chi connectivity index (χ0n) is 11.0. The number of carbonyl (C=O) groups is 1. The minimum absolute atomic E-state index is 0.0760. The molecule has 0 radical (unpaired) electrons. The average Bonchev–Trinajstić information content (AvgIpc) is 3.04. The first-order chi connectivity index (χ1) is 10.1. The number of carbonyl (C=O) groups excluding carboxylic acids is 1. The van der Waals surface area contributed by atoms with Gasteiger partial charge in [-0.2, -0.15) is 0 Å². The molecule has 0 fully saturated rings. The fraction of sp³-hybridized carbons (Fsp3) is 0.0667. The highest BCUT2D eigenvalue weighted by Gasteiger charge is 2.11. The number of nitrogens with zero attached hydrogens (tertiary/aromatic N) is 1. The Morgan fingerprint density at radius 1 is 1.38 bits per heavy atom. The molecule has 4 nitrogen and oxygen atoms in total. The number of oxazole rings is 1. The van der Waals surface area contributed by atoms with Crippen LogP contribution >= 0.6 is 23.1 Å². The Bertz CT molecular complexity index is 799. The van der Waals surface area contributed by atoms with Gasteiger partial charge in [-0.3, -0.25) is 0 Å². The summed E-state index contributed by atoms with van der Waals surface area (Å²) < 4.78 is 5.52. The fourth-order valence-electron chi connectivity index (χ4n) is 1.77. The van der Waals surface area contributed by atoms with E-state index in [1.165, 1.54) is 11.3 Å². The first kappa shape index (κ1) is 13.9. The Morgan fingerprint density at radius 3 is 2.86 bits per heavy atom. The Morgan fingerprint density at radius 2 is 2.19 bits per heavy atom. The van der Waals surface area contributed by atoms with Gasteiger partial charge in [-0.1, -0.05) is 12.1 Å². The lowest BCUT2D eigenvalue weighted by molar-refractivity contribution is -0.298. The standard InChI is InChI=1S/C15H11NO3S2/c1-9-6-7-20-12(9)8-13(14(17)18)21-15-16-10-4-2-3-5-11(10)19-15/h2-8H,1H3,(H,17,18)/p-1/b13-8-. The first-order valence-corrected chi connectivity index (χ1v) is 7.83. The van der Waals surface area contributed by atoms with Gasteiger partial charge in [-0.05, 0) is 53.9 Å². The van der Waals surface area contributed by atoms with Crippen LogP contribution in [0.1, 0.15) is 10.4 Å². The second-order valence-corrected chi connectivity index (χ2v) is 6.25. The van der Waals surface area contributed by atoms with Gasteiger partial charge in [0, 0.05) is 9.78 Å². The summed E-state index contributed by atoms with van der Waals surface area (Å²) in [5.74, 6) is -1.24. The normalized spacial score (nSPS) is 12.0. The molecule has 1 aromatic carbocycles. The van der Waals surface area contributed by atoms with Gasteiger partial charge in [0.15, 0.2) is 5.58 Å². The maximum atomic E-state index is 11.3. The number of hydrogen-bond donors (Lipinski definition) is 0. The van der Waals surface area contributed by atoms with Gasteiger partial charge in [0.1, 0.15) is 5.52 Å². The smallest absolute Gasteiger partial charge is 0.261 e. The highest BCUT2D eigenvalue weighted by molar-refractivity contribution is 8.03. The number of hydrogen-bond acceptors (Lipinski definition) is 6. The SMILES string of the molecule is Cc1ccsc1/C=C(\Sc1nc2ccccc2o1)C(=O)[O-]. The Balaban J connectivity index is 1.94. The molecule has 0 saturated carbocycles. The molecule has 2 heterocycles. The van der Waals surface area contributed by atoms with Crippen LogP contribution in [0.15, 0.2) is 50.3 Å². The van der Waals surface area contributed by atoms with Crippen molar-refractivity contribution in [1.82, 2.24) is 4.98 Å². The molecular weight excluding hydrogens is 306 g/mol. The van der Waals surface area contributed by atoms with E-state index in [2.05, 4.69) is 4.98 Å². The molecule has 0 atom stereocenters. The third-order valence-electron chi connectivity index (χ3n) is 2.84. The number of thiophene rings is 1. The average molecular weight is 316 g/mol. The van der Waals surface area contributed by atoms with E-state index in [9.17, 15) is 9.90 Å². The van der Waals surface area contributed by atoms with Crippen LogP contribution in [0.5, 0.6) is 0 Å². The molecule has 2 aromatic heterocycles. The molecule has 3 aromatic rings. The van der Waals surface area contributed by atoms with Crippen LogP contribution in [0.3, 0.4) is 0 Å². The predicted molar refractivity (Wildman–Crippen MR) is 81.9 cm³/mol. The van der Waals surface area contributed by atoms with Crippen LogP contribution in [-0.4, -0.2) is 11.0 Å². The summed E-state index contributed by atoms with van der Waals surface area (Å²) in [4.78, 5) is 16.5. The van der Waals surface area contributed by atoms with Gasteiger partial charge in [0.2, 0.25) is 0 Å². The van der Waals surface area contributed by atoms with Crippen molar-refractivity contribution in [3.63, 3.8) is 0 Å². The van der Waals surface area contributed by atoms with Crippen LogP contribution in [0.2, 0.25) is 0 Å². The Labute approximate surface area is 129 Å². The molecule has 0 N–H and O–H groups in total. The van der Waals surface area contributed by atoms with Crippen molar-refractivity contribution in [3.05, 3.63) is 51.1 Å². The van der Waals surface area contributed by atoms with Crippen LogP contribution in [0.4, 0.5) is 0 Å².